The first-order chi connectivity index (χ1) is 10.1. The number of pyridine rings is 1. The second kappa shape index (κ2) is 5.05. The third-order valence-corrected chi connectivity index (χ3v) is 3.64. The first-order valence-corrected chi connectivity index (χ1v) is 6.63. The molecule has 106 valence electrons. The van der Waals surface area contributed by atoms with Crippen molar-refractivity contribution in [1.29, 1.82) is 0 Å². The molecule has 4 heteroatoms. The molecule has 1 N–H and O–H groups in total. The summed E-state index contributed by atoms with van der Waals surface area (Å²) < 4.78 is 14.9. The molecule has 0 aliphatic carbocycles. The number of halogens is 1. The summed E-state index contributed by atoms with van der Waals surface area (Å²) in [5.74, 6) is -0.696. The van der Waals surface area contributed by atoms with E-state index in [-0.39, 0.29) is 12.3 Å². The van der Waals surface area contributed by atoms with Crippen LogP contribution in [0.25, 0.3) is 10.9 Å². The first-order valence-electron chi connectivity index (χ1n) is 6.63. The van der Waals surface area contributed by atoms with Crippen LogP contribution in [0.1, 0.15) is 11.1 Å². The highest BCUT2D eigenvalue weighted by Crippen LogP contribution is 2.24. The van der Waals surface area contributed by atoms with Gasteiger partial charge in [-0.15, -0.1) is 0 Å². The van der Waals surface area contributed by atoms with Crippen LogP contribution in [0.15, 0.2) is 53.3 Å². The van der Waals surface area contributed by atoms with Crippen molar-refractivity contribution in [3.8, 4) is 5.75 Å². The summed E-state index contributed by atoms with van der Waals surface area (Å²) in [5.41, 5.74) is 1.36. The summed E-state index contributed by atoms with van der Waals surface area (Å²) in [6.07, 6.45) is 0. The quantitative estimate of drug-likeness (QED) is 0.784. The molecule has 0 saturated carbocycles. The molecule has 21 heavy (non-hydrogen) atoms. The highest BCUT2D eigenvalue weighted by Gasteiger charge is 2.14. The lowest BCUT2D eigenvalue weighted by Crippen LogP contribution is -2.21. The zero-order valence-electron chi connectivity index (χ0n) is 11.5. The molecule has 0 radical (unpaired) electrons. The Hall–Kier alpha value is -2.62. The lowest BCUT2D eigenvalue weighted by atomic mass is 10.1. The maximum Gasteiger partial charge on any atom is 0.293 e. The molecule has 1 heterocycles. The number of fused-ring (bicyclic) bond motifs is 1. The van der Waals surface area contributed by atoms with Crippen molar-refractivity contribution in [2.45, 2.75) is 13.5 Å². The Labute approximate surface area is 120 Å². The van der Waals surface area contributed by atoms with Gasteiger partial charge in [-0.1, -0.05) is 30.3 Å². The Bertz CT molecular complexity index is 869. The summed E-state index contributed by atoms with van der Waals surface area (Å²) in [7, 11) is 0. The molecule has 3 aromatic rings. The van der Waals surface area contributed by atoms with Crippen LogP contribution < -0.4 is 5.56 Å². The molecule has 3 nitrogen and oxygen atoms in total. The lowest BCUT2D eigenvalue weighted by Gasteiger charge is -2.13. The number of aryl methyl sites for hydroxylation is 1. The van der Waals surface area contributed by atoms with E-state index < -0.39 is 11.4 Å². The first kappa shape index (κ1) is 13.4. The molecule has 0 spiro atoms. The fraction of sp³-hybridized carbons (Fsp3) is 0.118. The molecule has 2 aromatic carbocycles. The predicted molar refractivity (Wildman–Crippen MR) is 80.1 cm³/mol. The van der Waals surface area contributed by atoms with Crippen LogP contribution in [0.4, 0.5) is 4.39 Å². The van der Waals surface area contributed by atoms with Crippen LogP contribution in [-0.4, -0.2) is 9.67 Å². The summed E-state index contributed by atoms with van der Waals surface area (Å²) in [5, 5.41) is 10.7. The van der Waals surface area contributed by atoms with Crippen molar-refractivity contribution in [3.05, 3.63) is 75.8 Å². The van der Waals surface area contributed by atoms with Crippen LogP contribution in [0.5, 0.6) is 5.75 Å². The molecule has 0 fully saturated rings. The van der Waals surface area contributed by atoms with Crippen LogP contribution in [0.3, 0.4) is 0 Å². The van der Waals surface area contributed by atoms with Crippen molar-refractivity contribution < 1.29 is 9.50 Å². The van der Waals surface area contributed by atoms with Crippen LogP contribution in [0.2, 0.25) is 0 Å². The number of aromatic nitrogens is 1. The van der Waals surface area contributed by atoms with Gasteiger partial charge in [-0.2, -0.15) is 0 Å². The molecule has 0 saturated heterocycles. The van der Waals surface area contributed by atoms with E-state index in [2.05, 4.69) is 0 Å². The number of rotatable bonds is 2. The second-order valence-electron chi connectivity index (χ2n) is 5.01. The standard InChI is InChI=1S/C17H14FNO2/c1-11-14-8-7-13(18)9-15(14)19(17(21)16(11)20)10-12-5-3-2-4-6-12/h2-9,20H,10H2,1H3. The fourth-order valence-corrected chi connectivity index (χ4v) is 2.49. The third-order valence-electron chi connectivity index (χ3n) is 3.64. The molecule has 3 rings (SSSR count). The summed E-state index contributed by atoms with van der Waals surface area (Å²) in [4.78, 5) is 12.3. The zero-order valence-corrected chi connectivity index (χ0v) is 11.5. The van der Waals surface area contributed by atoms with Crippen LogP contribution in [0, 0.1) is 12.7 Å². The Balaban J connectivity index is 2.30. The second-order valence-corrected chi connectivity index (χ2v) is 5.01. The smallest absolute Gasteiger partial charge is 0.293 e. The van der Waals surface area contributed by atoms with Crippen molar-refractivity contribution >= 4 is 10.9 Å². The van der Waals surface area contributed by atoms with Gasteiger partial charge in [0.1, 0.15) is 5.82 Å². The van der Waals surface area contributed by atoms with E-state index in [4.69, 9.17) is 0 Å². The van der Waals surface area contributed by atoms with Crippen LogP contribution >= 0.6 is 0 Å². The number of hydrogen-bond donors (Lipinski definition) is 1. The maximum atomic E-state index is 13.5. The van der Waals surface area contributed by atoms with E-state index in [1.807, 2.05) is 30.3 Å². The SMILES string of the molecule is Cc1c(O)c(=O)n(Cc2ccccc2)c2cc(F)ccc12. The molecule has 1 aromatic heterocycles. The van der Waals surface area contributed by atoms with Gasteiger partial charge in [-0.25, -0.2) is 4.39 Å². The van der Waals surface area contributed by atoms with Gasteiger partial charge < -0.3 is 9.67 Å². The maximum absolute atomic E-state index is 13.5. The summed E-state index contributed by atoms with van der Waals surface area (Å²) >= 11 is 0. The average Bonchev–Trinajstić information content (AvgIpc) is 2.50. The van der Waals surface area contributed by atoms with E-state index >= 15 is 0 Å². The number of nitrogens with zero attached hydrogens (tertiary/aromatic N) is 1. The fourth-order valence-electron chi connectivity index (χ4n) is 2.49. The molecular formula is C17H14FNO2. The molecule has 0 atom stereocenters. The number of hydrogen-bond acceptors (Lipinski definition) is 2. The van der Waals surface area contributed by atoms with Gasteiger partial charge in [0.25, 0.3) is 5.56 Å². The van der Waals surface area contributed by atoms with E-state index in [1.54, 1.807) is 13.0 Å². The van der Waals surface area contributed by atoms with E-state index in [0.717, 1.165) is 5.56 Å². The molecular weight excluding hydrogens is 269 g/mol. The number of aromatic hydroxyl groups is 1. The van der Waals surface area contributed by atoms with Crippen molar-refractivity contribution in [3.63, 3.8) is 0 Å². The molecule has 0 aliphatic heterocycles. The highest BCUT2D eigenvalue weighted by molar-refractivity contribution is 5.84. The number of benzene rings is 2. The molecule has 0 unspecified atom stereocenters. The topological polar surface area (TPSA) is 42.2 Å². The largest absolute Gasteiger partial charge is 0.503 e. The Morgan fingerprint density at radius 3 is 2.57 bits per heavy atom. The Morgan fingerprint density at radius 1 is 1.14 bits per heavy atom. The van der Waals surface area contributed by atoms with Gasteiger partial charge in [0.2, 0.25) is 0 Å². The van der Waals surface area contributed by atoms with Crippen molar-refractivity contribution in [2.24, 2.45) is 0 Å². The minimum Gasteiger partial charge on any atom is -0.503 e. The normalized spacial score (nSPS) is 11.0. The third kappa shape index (κ3) is 2.29. The predicted octanol–water partition coefficient (Wildman–Crippen LogP) is 3.20. The minimum atomic E-state index is -0.505. The Kier molecular flexibility index (Phi) is 3.22. The summed E-state index contributed by atoms with van der Waals surface area (Å²) in [6, 6.07) is 13.6. The van der Waals surface area contributed by atoms with E-state index in [9.17, 15) is 14.3 Å². The van der Waals surface area contributed by atoms with E-state index in [1.165, 1.54) is 16.7 Å². The van der Waals surface area contributed by atoms with Crippen molar-refractivity contribution in [1.82, 2.24) is 4.57 Å². The van der Waals surface area contributed by atoms with Crippen molar-refractivity contribution in [2.75, 3.05) is 0 Å². The molecule has 0 aliphatic rings. The summed E-state index contributed by atoms with van der Waals surface area (Å²) in [6.45, 7) is 1.94. The lowest BCUT2D eigenvalue weighted by molar-refractivity contribution is 0.457. The van der Waals surface area contributed by atoms with Gasteiger partial charge in [0.15, 0.2) is 5.75 Å². The molecule has 0 bridgehead atoms. The van der Waals surface area contributed by atoms with Gasteiger partial charge in [0.05, 0.1) is 12.1 Å². The Morgan fingerprint density at radius 2 is 1.86 bits per heavy atom. The molecule has 0 amide bonds. The van der Waals surface area contributed by atoms with Gasteiger partial charge in [-0.3, -0.25) is 4.79 Å². The van der Waals surface area contributed by atoms with Gasteiger partial charge >= 0.3 is 0 Å². The minimum absolute atomic E-state index is 0.285. The highest BCUT2D eigenvalue weighted by atomic mass is 19.1. The van der Waals surface area contributed by atoms with Gasteiger partial charge in [-0.05, 0) is 30.7 Å². The van der Waals surface area contributed by atoms with Gasteiger partial charge in [0, 0.05) is 10.9 Å². The average molecular weight is 283 g/mol. The van der Waals surface area contributed by atoms with Crippen LogP contribution in [-0.2, 0) is 6.54 Å². The van der Waals surface area contributed by atoms with E-state index in [0.29, 0.717) is 16.5 Å². The monoisotopic (exact) mass is 283 g/mol. The zero-order chi connectivity index (χ0) is 15.0.